The molecule has 1 aliphatic carbocycles. The summed E-state index contributed by atoms with van der Waals surface area (Å²) in [6, 6.07) is 10.7. The molecule has 1 N–H and O–H groups in total. The number of aliphatic hydroxyl groups is 1. The number of rotatable bonds is 2. The molecule has 0 bridgehead atoms. The summed E-state index contributed by atoms with van der Waals surface area (Å²) < 4.78 is 0. The number of hydrogen-bond acceptors (Lipinski definition) is 1. The largest absolute Gasteiger partial charge is 0.384 e. The third-order valence-electron chi connectivity index (χ3n) is 3.97. The summed E-state index contributed by atoms with van der Waals surface area (Å²) in [6.45, 7) is 4.28. The minimum Gasteiger partial charge on any atom is -0.384 e. The lowest BCUT2D eigenvalue weighted by Gasteiger charge is -2.23. The average molecular weight is 238 g/mol. The van der Waals surface area contributed by atoms with Crippen molar-refractivity contribution in [2.24, 2.45) is 0 Å². The van der Waals surface area contributed by atoms with Gasteiger partial charge in [-0.15, -0.1) is 0 Å². The van der Waals surface area contributed by atoms with E-state index in [9.17, 15) is 5.11 Å². The van der Waals surface area contributed by atoms with Gasteiger partial charge in [0.1, 0.15) is 6.10 Å². The van der Waals surface area contributed by atoms with Crippen LogP contribution in [0, 0.1) is 0 Å². The molecule has 0 radical (unpaired) electrons. The lowest BCUT2D eigenvalue weighted by Crippen LogP contribution is -2.07. The maximum atomic E-state index is 10.4. The summed E-state index contributed by atoms with van der Waals surface area (Å²) in [7, 11) is 0. The van der Waals surface area contributed by atoms with Gasteiger partial charge < -0.3 is 5.11 Å². The van der Waals surface area contributed by atoms with Gasteiger partial charge in [-0.05, 0) is 45.9 Å². The van der Waals surface area contributed by atoms with Crippen molar-refractivity contribution in [3.8, 4) is 0 Å². The third-order valence-corrected chi connectivity index (χ3v) is 3.97. The van der Waals surface area contributed by atoms with E-state index in [4.69, 9.17) is 0 Å². The van der Waals surface area contributed by atoms with Gasteiger partial charge in [0.05, 0.1) is 0 Å². The van der Waals surface area contributed by atoms with Gasteiger partial charge in [0.2, 0.25) is 0 Å². The Kier molecular flexibility index (Phi) is 2.71. The fraction of sp³-hybridized carbons (Fsp3) is 0.294. The van der Waals surface area contributed by atoms with E-state index in [1.54, 1.807) is 0 Å². The number of aryl methyl sites for hydroxylation is 1. The third kappa shape index (κ3) is 1.51. The van der Waals surface area contributed by atoms with Gasteiger partial charge in [0.15, 0.2) is 0 Å². The van der Waals surface area contributed by atoms with E-state index < -0.39 is 6.10 Å². The van der Waals surface area contributed by atoms with Crippen LogP contribution >= 0.6 is 0 Å². The Labute approximate surface area is 108 Å². The molecule has 2 aromatic carbocycles. The van der Waals surface area contributed by atoms with E-state index in [1.807, 2.05) is 0 Å². The van der Waals surface area contributed by atoms with E-state index in [0.717, 1.165) is 24.0 Å². The summed E-state index contributed by atoms with van der Waals surface area (Å²) in [5.74, 6) is 0. The van der Waals surface area contributed by atoms with Crippen LogP contribution in [0.4, 0.5) is 0 Å². The zero-order valence-electron chi connectivity index (χ0n) is 10.9. The average Bonchev–Trinajstić information content (AvgIpc) is 2.42. The van der Waals surface area contributed by atoms with Crippen LogP contribution < -0.4 is 0 Å². The van der Waals surface area contributed by atoms with Gasteiger partial charge in [-0.1, -0.05) is 50.3 Å². The molecule has 3 rings (SSSR count). The van der Waals surface area contributed by atoms with Crippen LogP contribution in [0.15, 0.2) is 35.9 Å². The van der Waals surface area contributed by atoms with Crippen LogP contribution in [0.1, 0.15) is 43.1 Å². The van der Waals surface area contributed by atoms with Crippen molar-refractivity contribution in [3.63, 3.8) is 0 Å². The molecule has 2 aromatic rings. The van der Waals surface area contributed by atoms with Crippen molar-refractivity contribution in [1.29, 1.82) is 0 Å². The molecule has 1 heteroatoms. The highest BCUT2D eigenvalue weighted by molar-refractivity contribution is 5.98. The Bertz CT molecular complexity index is 637. The van der Waals surface area contributed by atoms with Crippen molar-refractivity contribution in [3.05, 3.63) is 52.6 Å². The second kappa shape index (κ2) is 4.25. The highest BCUT2D eigenvalue weighted by atomic mass is 16.3. The molecule has 0 amide bonds. The summed E-state index contributed by atoms with van der Waals surface area (Å²) >= 11 is 0. The Morgan fingerprint density at radius 2 is 1.89 bits per heavy atom. The van der Waals surface area contributed by atoms with E-state index in [1.165, 1.54) is 21.9 Å². The maximum absolute atomic E-state index is 10.4. The van der Waals surface area contributed by atoms with Crippen LogP contribution in [0.3, 0.4) is 0 Å². The van der Waals surface area contributed by atoms with Crippen molar-refractivity contribution in [1.82, 2.24) is 0 Å². The Morgan fingerprint density at radius 1 is 1.06 bits per heavy atom. The van der Waals surface area contributed by atoms with Gasteiger partial charge in [-0.3, -0.25) is 0 Å². The molecule has 0 heterocycles. The molecule has 0 aromatic heterocycles. The molecule has 1 unspecified atom stereocenters. The molecule has 0 spiro atoms. The standard InChI is InChI=1S/C17H18O/c1-3-11-8-9-13-10-12(4-2)17(18)15-7-5-6-14(11)16(13)15/h5-10,17-18H,3-4H2,1-2H3. The molecule has 92 valence electrons. The summed E-state index contributed by atoms with van der Waals surface area (Å²) in [5.41, 5.74) is 4.78. The predicted molar refractivity (Wildman–Crippen MR) is 76.6 cm³/mol. The first-order valence-corrected chi connectivity index (χ1v) is 6.69. The smallest absolute Gasteiger partial charge is 0.101 e. The second-order valence-corrected chi connectivity index (χ2v) is 4.91. The van der Waals surface area contributed by atoms with E-state index in [-0.39, 0.29) is 0 Å². The zero-order chi connectivity index (χ0) is 12.7. The molecule has 18 heavy (non-hydrogen) atoms. The fourth-order valence-electron chi connectivity index (χ4n) is 2.95. The molecule has 0 aliphatic heterocycles. The van der Waals surface area contributed by atoms with Crippen LogP contribution in [-0.2, 0) is 6.42 Å². The molecule has 1 atom stereocenters. The summed E-state index contributed by atoms with van der Waals surface area (Å²) in [5, 5.41) is 13.0. The molecule has 0 fully saturated rings. The molecular formula is C17H18O. The van der Waals surface area contributed by atoms with Gasteiger partial charge in [-0.25, -0.2) is 0 Å². The van der Waals surface area contributed by atoms with Crippen molar-refractivity contribution >= 4 is 16.8 Å². The van der Waals surface area contributed by atoms with Crippen LogP contribution in [0.2, 0.25) is 0 Å². The first-order valence-electron chi connectivity index (χ1n) is 6.69. The van der Waals surface area contributed by atoms with Crippen molar-refractivity contribution in [2.45, 2.75) is 32.8 Å². The normalized spacial score (nSPS) is 17.9. The molecule has 0 saturated heterocycles. The molecule has 1 aliphatic rings. The first kappa shape index (κ1) is 11.5. The van der Waals surface area contributed by atoms with Crippen LogP contribution in [0.5, 0.6) is 0 Å². The monoisotopic (exact) mass is 238 g/mol. The minimum absolute atomic E-state index is 0.432. The van der Waals surface area contributed by atoms with Crippen molar-refractivity contribution < 1.29 is 5.11 Å². The van der Waals surface area contributed by atoms with E-state index in [2.05, 4.69) is 50.3 Å². The molecule has 0 saturated carbocycles. The van der Waals surface area contributed by atoms with Gasteiger partial charge in [-0.2, -0.15) is 0 Å². The number of hydrogen-bond donors (Lipinski definition) is 1. The lowest BCUT2D eigenvalue weighted by atomic mass is 9.84. The Hall–Kier alpha value is -1.60. The minimum atomic E-state index is -0.432. The fourth-order valence-corrected chi connectivity index (χ4v) is 2.95. The van der Waals surface area contributed by atoms with Crippen molar-refractivity contribution in [2.75, 3.05) is 0 Å². The predicted octanol–water partition coefficient (Wildman–Crippen LogP) is 4.24. The number of aliphatic hydroxyl groups excluding tert-OH is 1. The molecule has 1 nitrogen and oxygen atoms in total. The van der Waals surface area contributed by atoms with Crippen LogP contribution in [0.25, 0.3) is 16.8 Å². The summed E-state index contributed by atoms with van der Waals surface area (Å²) in [4.78, 5) is 0. The lowest BCUT2D eigenvalue weighted by molar-refractivity contribution is 0.214. The van der Waals surface area contributed by atoms with E-state index >= 15 is 0 Å². The summed E-state index contributed by atoms with van der Waals surface area (Å²) in [6.07, 6.45) is 3.64. The topological polar surface area (TPSA) is 20.2 Å². The maximum Gasteiger partial charge on any atom is 0.101 e. The molecular weight excluding hydrogens is 220 g/mol. The quantitative estimate of drug-likeness (QED) is 0.829. The Balaban J connectivity index is 2.39. The second-order valence-electron chi connectivity index (χ2n) is 4.91. The SMILES string of the molecule is CCC1=Cc2ccc(CC)c3cccc(c23)C1O. The van der Waals surface area contributed by atoms with Gasteiger partial charge >= 0.3 is 0 Å². The van der Waals surface area contributed by atoms with Gasteiger partial charge in [0, 0.05) is 0 Å². The highest BCUT2D eigenvalue weighted by Crippen LogP contribution is 2.39. The zero-order valence-corrected chi connectivity index (χ0v) is 10.9. The number of benzene rings is 2. The highest BCUT2D eigenvalue weighted by Gasteiger charge is 2.21. The first-order chi connectivity index (χ1) is 8.76. The van der Waals surface area contributed by atoms with E-state index in [0.29, 0.717) is 0 Å². The van der Waals surface area contributed by atoms with Crippen LogP contribution in [-0.4, -0.2) is 5.11 Å². The Morgan fingerprint density at radius 3 is 2.61 bits per heavy atom. The van der Waals surface area contributed by atoms with Gasteiger partial charge in [0.25, 0.3) is 0 Å².